The largest absolute Gasteiger partial charge is 0.573 e. The fourth-order valence-electron chi connectivity index (χ4n) is 3.35. The van der Waals surface area contributed by atoms with E-state index in [-0.39, 0.29) is 22.6 Å². The van der Waals surface area contributed by atoms with Gasteiger partial charge < -0.3 is 20.3 Å². The molecule has 36 heavy (non-hydrogen) atoms. The number of ether oxygens (including phenoxy) is 1. The predicted octanol–water partition coefficient (Wildman–Crippen LogP) is 5.17. The summed E-state index contributed by atoms with van der Waals surface area (Å²) >= 11 is 5.78. The fourth-order valence-corrected chi connectivity index (χ4v) is 3.46. The van der Waals surface area contributed by atoms with Crippen LogP contribution in [0.25, 0.3) is 0 Å². The molecular formula is C24H19ClF3N5O3. The average Bonchev–Trinajstić information content (AvgIpc) is 2.79. The molecule has 1 aliphatic rings. The maximum absolute atomic E-state index is 12.9. The number of hydrogen-bond donors (Lipinski definition) is 3. The molecule has 1 saturated heterocycles. The molecule has 0 unspecified atom stereocenters. The van der Waals surface area contributed by atoms with E-state index < -0.39 is 23.9 Å². The highest BCUT2D eigenvalue weighted by Crippen LogP contribution is 2.28. The lowest BCUT2D eigenvalue weighted by molar-refractivity contribution is -0.274. The Kier molecular flexibility index (Phi) is 7.11. The summed E-state index contributed by atoms with van der Waals surface area (Å²) in [6, 6.07) is 12.2. The van der Waals surface area contributed by atoms with Gasteiger partial charge in [0.1, 0.15) is 17.4 Å². The quantitative estimate of drug-likeness (QED) is 0.309. The summed E-state index contributed by atoms with van der Waals surface area (Å²) in [5.41, 5.74) is 0.559. The molecule has 0 radical (unpaired) electrons. The van der Waals surface area contributed by atoms with Crippen molar-refractivity contribution < 1.29 is 27.5 Å². The van der Waals surface area contributed by atoms with Gasteiger partial charge in [-0.1, -0.05) is 23.7 Å². The number of carbonyl (C=O) groups is 2. The lowest BCUT2D eigenvalue weighted by atomic mass is 10.1. The molecule has 8 nitrogen and oxygen atoms in total. The Morgan fingerprint density at radius 1 is 0.972 bits per heavy atom. The maximum atomic E-state index is 12.9. The second kappa shape index (κ2) is 10.2. The van der Waals surface area contributed by atoms with Crippen LogP contribution in [0.1, 0.15) is 32.7 Å². The summed E-state index contributed by atoms with van der Waals surface area (Å²) in [5.74, 6) is -1.60. The van der Waals surface area contributed by atoms with E-state index in [9.17, 15) is 22.8 Å². The molecule has 12 heteroatoms. The zero-order valence-electron chi connectivity index (χ0n) is 18.5. The standard InChI is InChI=1S/C24H19ClF3N5O3/c25-16-6-9-20(30-13-16)32-23(35)18-12-17(36-24(26,27)28)7-8-19(18)31-22(34)15-4-2-14(3-5-15)21(29)33-10-1-11-33/h2-9,12-13,29H,1,10-11H2,(H,31,34)(H,30,32,35). The number of amidine groups is 1. The number of nitrogens with zero attached hydrogens (tertiary/aromatic N) is 2. The number of carbonyl (C=O) groups excluding carboxylic acids is 2. The summed E-state index contributed by atoms with van der Waals surface area (Å²) in [5, 5.41) is 13.5. The van der Waals surface area contributed by atoms with Crippen LogP contribution in [0.2, 0.25) is 5.02 Å². The summed E-state index contributed by atoms with van der Waals surface area (Å²) in [4.78, 5) is 31.5. The molecule has 0 bridgehead atoms. The van der Waals surface area contributed by atoms with Crippen LogP contribution in [0.3, 0.4) is 0 Å². The summed E-state index contributed by atoms with van der Waals surface area (Å²) < 4.78 is 42.1. The molecule has 1 aromatic heterocycles. The topological polar surface area (TPSA) is 107 Å². The van der Waals surface area contributed by atoms with Crippen LogP contribution in [-0.4, -0.2) is 47.0 Å². The third-order valence-electron chi connectivity index (χ3n) is 5.28. The Labute approximate surface area is 208 Å². The number of alkyl halides is 3. The highest BCUT2D eigenvalue weighted by Gasteiger charge is 2.31. The number of likely N-dealkylation sites (tertiary alicyclic amines) is 1. The van der Waals surface area contributed by atoms with Crippen LogP contribution < -0.4 is 15.4 Å². The molecule has 0 atom stereocenters. The third kappa shape index (κ3) is 6.11. The molecule has 4 rings (SSSR count). The molecule has 2 aromatic carbocycles. The minimum Gasteiger partial charge on any atom is -0.406 e. The van der Waals surface area contributed by atoms with Crippen molar-refractivity contribution in [1.29, 1.82) is 5.41 Å². The Bertz CT molecular complexity index is 1290. The highest BCUT2D eigenvalue weighted by molar-refractivity contribution is 6.30. The average molecular weight is 518 g/mol. The van der Waals surface area contributed by atoms with Crippen molar-refractivity contribution in [3.05, 3.63) is 82.5 Å². The molecule has 186 valence electrons. The lowest BCUT2D eigenvalue weighted by Gasteiger charge is -2.33. The van der Waals surface area contributed by atoms with Crippen LogP contribution >= 0.6 is 11.6 Å². The molecule has 0 saturated carbocycles. The molecule has 1 fully saturated rings. The van der Waals surface area contributed by atoms with Crippen LogP contribution in [0.15, 0.2) is 60.8 Å². The second-order valence-corrected chi connectivity index (χ2v) is 8.23. The van der Waals surface area contributed by atoms with E-state index >= 15 is 0 Å². The van der Waals surface area contributed by atoms with Crippen molar-refractivity contribution in [3.8, 4) is 5.75 Å². The normalized spacial score (nSPS) is 12.9. The third-order valence-corrected chi connectivity index (χ3v) is 5.50. The first-order chi connectivity index (χ1) is 17.1. The molecule has 1 aliphatic heterocycles. The first kappa shape index (κ1) is 25.0. The molecule has 3 N–H and O–H groups in total. The van der Waals surface area contributed by atoms with Gasteiger partial charge in [-0.25, -0.2) is 4.98 Å². The van der Waals surface area contributed by atoms with Gasteiger partial charge in [-0.05, 0) is 48.9 Å². The number of pyridine rings is 1. The maximum Gasteiger partial charge on any atom is 0.573 e. The van der Waals surface area contributed by atoms with Gasteiger partial charge in [-0.15, -0.1) is 13.2 Å². The molecule has 0 aliphatic carbocycles. The van der Waals surface area contributed by atoms with E-state index in [0.29, 0.717) is 16.4 Å². The molecular weight excluding hydrogens is 499 g/mol. The Morgan fingerprint density at radius 2 is 1.67 bits per heavy atom. The number of amides is 2. The predicted molar refractivity (Wildman–Crippen MR) is 128 cm³/mol. The summed E-state index contributed by atoms with van der Waals surface area (Å²) in [7, 11) is 0. The number of aromatic nitrogens is 1. The van der Waals surface area contributed by atoms with Crippen molar-refractivity contribution in [3.63, 3.8) is 0 Å². The Balaban J connectivity index is 1.56. The SMILES string of the molecule is N=C(c1ccc(C(=O)Nc2ccc(OC(F)(F)F)cc2C(=O)Nc2ccc(Cl)cn2)cc1)N1CCC1. The number of halogens is 4. The van der Waals surface area contributed by atoms with Crippen molar-refractivity contribution in [2.75, 3.05) is 23.7 Å². The summed E-state index contributed by atoms with van der Waals surface area (Å²) in [6.07, 6.45) is -2.66. The molecule has 0 spiro atoms. The highest BCUT2D eigenvalue weighted by atomic mass is 35.5. The first-order valence-corrected chi connectivity index (χ1v) is 11.0. The zero-order chi connectivity index (χ0) is 25.9. The monoisotopic (exact) mass is 517 g/mol. The van der Waals surface area contributed by atoms with Crippen molar-refractivity contribution in [1.82, 2.24) is 9.88 Å². The van der Waals surface area contributed by atoms with E-state index in [0.717, 1.165) is 37.7 Å². The van der Waals surface area contributed by atoms with E-state index in [1.54, 1.807) is 12.1 Å². The number of benzene rings is 2. The second-order valence-electron chi connectivity index (χ2n) is 7.79. The fraction of sp³-hybridized carbons (Fsp3) is 0.167. The molecule has 2 heterocycles. The van der Waals surface area contributed by atoms with Gasteiger partial charge in [0.25, 0.3) is 11.8 Å². The number of hydrogen-bond acceptors (Lipinski definition) is 5. The van der Waals surface area contributed by atoms with Gasteiger partial charge in [-0.2, -0.15) is 0 Å². The van der Waals surface area contributed by atoms with Gasteiger partial charge >= 0.3 is 6.36 Å². The zero-order valence-corrected chi connectivity index (χ0v) is 19.3. The minimum absolute atomic E-state index is 0.0432. The Hall–Kier alpha value is -4.12. The Morgan fingerprint density at radius 3 is 2.25 bits per heavy atom. The molecule has 3 aromatic rings. The van der Waals surface area contributed by atoms with Crippen LogP contribution in [-0.2, 0) is 0 Å². The van der Waals surface area contributed by atoms with Crippen LogP contribution in [0, 0.1) is 5.41 Å². The van der Waals surface area contributed by atoms with E-state index in [1.807, 2.05) is 4.90 Å². The van der Waals surface area contributed by atoms with Gasteiger partial charge in [0, 0.05) is 30.4 Å². The first-order valence-electron chi connectivity index (χ1n) is 10.7. The van der Waals surface area contributed by atoms with Crippen molar-refractivity contribution in [2.24, 2.45) is 0 Å². The minimum atomic E-state index is -4.97. The number of rotatable bonds is 6. The van der Waals surface area contributed by atoms with Gasteiger partial charge in [0.2, 0.25) is 0 Å². The van der Waals surface area contributed by atoms with Crippen molar-refractivity contribution >= 4 is 40.8 Å². The number of nitrogens with one attached hydrogen (secondary N) is 3. The van der Waals surface area contributed by atoms with E-state index in [4.69, 9.17) is 17.0 Å². The van der Waals surface area contributed by atoms with Gasteiger partial charge in [-0.3, -0.25) is 15.0 Å². The molecule has 2 amide bonds. The van der Waals surface area contributed by atoms with E-state index in [1.165, 1.54) is 30.5 Å². The van der Waals surface area contributed by atoms with Gasteiger partial charge in [0.05, 0.1) is 16.3 Å². The van der Waals surface area contributed by atoms with Crippen molar-refractivity contribution in [2.45, 2.75) is 12.8 Å². The van der Waals surface area contributed by atoms with Gasteiger partial charge in [0.15, 0.2) is 0 Å². The smallest absolute Gasteiger partial charge is 0.406 e. The number of anilines is 2. The van der Waals surface area contributed by atoms with Crippen LogP contribution in [0.4, 0.5) is 24.7 Å². The summed E-state index contributed by atoms with van der Waals surface area (Å²) in [6.45, 7) is 1.62. The lowest BCUT2D eigenvalue weighted by Crippen LogP contribution is -2.42. The van der Waals surface area contributed by atoms with E-state index in [2.05, 4.69) is 20.4 Å². The van der Waals surface area contributed by atoms with Crippen LogP contribution in [0.5, 0.6) is 5.75 Å².